The molecule has 132 valence electrons. The smallest absolute Gasteiger partial charge is 0.245 e. The third-order valence-corrected chi connectivity index (χ3v) is 4.18. The first kappa shape index (κ1) is 21.4. The Kier molecular flexibility index (Phi) is 17.9. The SMILES string of the molecule is CCCCCCCCCCCCCCCCCC(=O)NON. The summed E-state index contributed by atoms with van der Waals surface area (Å²) < 4.78 is 0. The zero-order chi connectivity index (χ0) is 16.3. The molecule has 0 radical (unpaired) electrons. The van der Waals surface area contributed by atoms with E-state index >= 15 is 0 Å². The van der Waals surface area contributed by atoms with Gasteiger partial charge in [0.25, 0.3) is 0 Å². The van der Waals surface area contributed by atoms with Crippen LogP contribution in [0.25, 0.3) is 0 Å². The minimum atomic E-state index is -0.128. The zero-order valence-electron chi connectivity index (χ0n) is 14.7. The monoisotopic (exact) mass is 314 g/mol. The number of carbonyl (C=O) groups excluding carboxylic acids is 1. The number of amides is 1. The molecule has 0 aromatic rings. The van der Waals surface area contributed by atoms with Crippen LogP contribution in [0.2, 0.25) is 0 Å². The fraction of sp³-hybridized carbons (Fsp3) is 0.944. The Bertz CT molecular complexity index is 235. The van der Waals surface area contributed by atoms with Gasteiger partial charge in [0.15, 0.2) is 0 Å². The molecular weight excluding hydrogens is 276 g/mol. The van der Waals surface area contributed by atoms with E-state index in [0.717, 1.165) is 12.8 Å². The van der Waals surface area contributed by atoms with Crippen LogP contribution >= 0.6 is 0 Å². The lowest BCUT2D eigenvalue weighted by molar-refractivity contribution is -0.134. The van der Waals surface area contributed by atoms with E-state index in [1.807, 2.05) is 0 Å². The Morgan fingerprint density at radius 1 is 0.727 bits per heavy atom. The Morgan fingerprint density at radius 3 is 1.45 bits per heavy atom. The minimum Gasteiger partial charge on any atom is -0.273 e. The summed E-state index contributed by atoms with van der Waals surface area (Å²) in [6.07, 6.45) is 20.5. The number of hydrogen-bond acceptors (Lipinski definition) is 3. The van der Waals surface area contributed by atoms with Crippen LogP contribution in [0.4, 0.5) is 0 Å². The van der Waals surface area contributed by atoms with Crippen molar-refractivity contribution in [1.82, 2.24) is 5.48 Å². The number of nitrogens with two attached hydrogens (primary N) is 1. The third kappa shape index (κ3) is 17.4. The van der Waals surface area contributed by atoms with Crippen LogP contribution in [0.5, 0.6) is 0 Å². The standard InChI is InChI=1S/C18H38N2O2/c1-2-3-4-5-6-7-8-9-10-11-12-13-14-15-16-17-18(21)20-22-19/h2-17,19H2,1H3,(H,20,21). The van der Waals surface area contributed by atoms with Gasteiger partial charge < -0.3 is 0 Å². The molecule has 0 unspecified atom stereocenters. The highest BCUT2D eigenvalue weighted by molar-refractivity contribution is 5.74. The van der Waals surface area contributed by atoms with Crippen LogP contribution in [0, 0.1) is 0 Å². The molecule has 0 bridgehead atoms. The maximum atomic E-state index is 11.1. The van der Waals surface area contributed by atoms with Gasteiger partial charge in [0.1, 0.15) is 0 Å². The van der Waals surface area contributed by atoms with Gasteiger partial charge in [-0.1, -0.05) is 96.8 Å². The first-order chi connectivity index (χ1) is 10.8. The van der Waals surface area contributed by atoms with E-state index in [9.17, 15) is 4.79 Å². The molecule has 0 heterocycles. The third-order valence-electron chi connectivity index (χ3n) is 4.18. The lowest BCUT2D eigenvalue weighted by atomic mass is 10.0. The van der Waals surface area contributed by atoms with Gasteiger partial charge in [-0.15, -0.1) is 0 Å². The molecule has 0 aromatic carbocycles. The van der Waals surface area contributed by atoms with Crippen molar-refractivity contribution in [2.24, 2.45) is 5.90 Å². The number of unbranched alkanes of at least 4 members (excludes halogenated alkanes) is 14. The van der Waals surface area contributed by atoms with Crippen molar-refractivity contribution in [2.75, 3.05) is 0 Å². The highest BCUT2D eigenvalue weighted by Crippen LogP contribution is 2.13. The summed E-state index contributed by atoms with van der Waals surface area (Å²) in [4.78, 5) is 15.1. The fourth-order valence-electron chi connectivity index (χ4n) is 2.77. The Hall–Kier alpha value is -0.610. The molecule has 0 aliphatic rings. The lowest BCUT2D eigenvalue weighted by Crippen LogP contribution is -2.26. The highest BCUT2D eigenvalue weighted by Gasteiger charge is 1.99. The molecule has 0 saturated heterocycles. The average Bonchev–Trinajstić information content (AvgIpc) is 2.51. The number of rotatable bonds is 17. The second-order valence-electron chi connectivity index (χ2n) is 6.34. The summed E-state index contributed by atoms with van der Waals surface area (Å²) >= 11 is 0. The lowest BCUT2D eigenvalue weighted by Gasteiger charge is -2.03. The molecule has 0 spiro atoms. The Morgan fingerprint density at radius 2 is 1.09 bits per heavy atom. The topological polar surface area (TPSA) is 64.3 Å². The fourth-order valence-corrected chi connectivity index (χ4v) is 2.77. The molecule has 1 amide bonds. The molecule has 0 fully saturated rings. The summed E-state index contributed by atoms with van der Waals surface area (Å²) in [5.74, 6) is 4.63. The molecule has 0 aromatic heterocycles. The van der Waals surface area contributed by atoms with Crippen molar-refractivity contribution in [3.8, 4) is 0 Å². The van der Waals surface area contributed by atoms with Crippen LogP contribution in [0.15, 0.2) is 0 Å². The summed E-state index contributed by atoms with van der Waals surface area (Å²) in [6, 6.07) is 0. The van der Waals surface area contributed by atoms with Crippen molar-refractivity contribution in [3.05, 3.63) is 0 Å². The van der Waals surface area contributed by atoms with Crippen molar-refractivity contribution in [2.45, 2.75) is 110 Å². The highest BCUT2D eigenvalue weighted by atomic mass is 16.8. The van der Waals surface area contributed by atoms with E-state index in [1.54, 1.807) is 0 Å². The molecule has 0 saturated carbocycles. The first-order valence-electron chi connectivity index (χ1n) is 9.45. The van der Waals surface area contributed by atoms with E-state index in [2.05, 4.69) is 17.3 Å². The maximum Gasteiger partial charge on any atom is 0.245 e. The average molecular weight is 315 g/mol. The van der Waals surface area contributed by atoms with Gasteiger partial charge in [0.2, 0.25) is 5.91 Å². The van der Waals surface area contributed by atoms with Gasteiger partial charge in [-0.3, -0.25) is 4.79 Å². The van der Waals surface area contributed by atoms with Crippen LogP contribution in [0.3, 0.4) is 0 Å². The molecule has 0 atom stereocenters. The van der Waals surface area contributed by atoms with E-state index in [0.29, 0.717) is 6.42 Å². The van der Waals surface area contributed by atoms with Crippen LogP contribution in [-0.4, -0.2) is 5.91 Å². The molecule has 22 heavy (non-hydrogen) atoms. The molecule has 4 heteroatoms. The number of hydrogen-bond donors (Lipinski definition) is 2. The van der Waals surface area contributed by atoms with E-state index < -0.39 is 0 Å². The zero-order valence-corrected chi connectivity index (χ0v) is 14.7. The van der Waals surface area contributed by atoms with Crippen molar-refractivity contribution in [1.29, 1.82) is 0 Å². The summed E-state index contributed by atoms with van der Waals surface area (Å²) in [7, 11) is 0. The van der Waals surface area contributed by atoms with Gasteiger partial charge in [-0.05, 0) is 6.42 Å². The van der Waals surface area contributed by atoms with Crippen LogP contribution < -0.4 is 11.4 Å². The number of nitrogens with one attached hydrogen (secondary N) is 1. The van der Waals surface area contributed by atoms with E-state index in [-0.39, 0.29) is 5.91 Å². The molecule has 3 N–H and O–H groups in total. The Labute approximate surface area is 137 Å². The van der Waals surface area contributed by atoms with E-state index in [1.165, 1.54) is 83.5 Å². The van der Waals surface area contributed by atoms with Crippen LogP contribution in [0.1, 0.15) is 110 Å². The van der Waals surface area contributed by atoms with Gasteiger partial charge >= 0.3 is 0 Å². The predicted molar refractivity (Wildman–Crippen MR) is 93.0 cm³/mol. The van der Waals surface area contributed by atoms with E-state index in [4.69, 9.17) is 5.90 Å². The normalized spacial score (nSPS) is 10.8. The van der Waals surface area contributed by atoms with Crippen LogP contribution in [-0.2, 0) is 9.73 Å². The summed E-state index contributed by atoms with van der Waals surface area (Å²) in [5, 5.41) is 0. The van der Waals surface area contributed by atoms with Gasteiger partial charge in [-0.2, -0.15) is 10.8 Å². The predicted octanol–water partition coefficient (Wildman–Crippen LogP) is 5.17. The van der Waals surface area contributed by atoms with Crippen molar-refractivity contribution >= 4 is 5.91 Å². The molecule has 0 rings (SSSR count). The second kappa shape index (κ2) is 18.4. The van der Waals surface area contributed by atoms with Crippen molar-refractivity contribution < 1.29 is 9.73 Å². The molecular formula is C18H38N2O2. The molecule has 0 aliphatic heterocycles. The molecule has 0 aliphatic carbocycles. The summed E-state index contributed by atoms with van der Waals surface area (Å²) in [6.45, 7) is 2.27. The molecule has 4 nitrogen and oxygen atoms in total. The Balaban J connectivity index is 3.01. The van der Waals surface area contributed by atoms with Gasteiger partial charge in [0, 0.05) is 6.42 Å². The van der Waals surface area contributed by atoms with Gasteiger partial charge in [-0.25, -0.2) is 5.48 Å². The largest absolute Gasteiger partial charge is 0.273 e. The quantitative estimate of drug-likeness (QED) is 0.287. The minimum absolute atomic E-state index is 0.128. The second-order valence-corrected chi connectivity index (χ2v) is 6.34. The number of hydroxylamine groups is 1. The first-order valence-corrected chi connectivity index (χ1v) is 9.45. The van der Waals surface area contributed by atoms with Gasteiger partial charge in [0.05, 0.1) is 0 Å². The number of carbonyl (C=O) groups is 1. The summed E-state index contributed by atoms with van der Waals surface area (Å²) in [5.41, 5.74) is 2.13. The van der Waals surface area contributed by atoms with Crippen molar-refractivity contribution in [3.63, 3.8) is 0 Å². The maximum absolute atomic E-state index is 11.1.